The second-order valence-electron chi connectivity index (χ2n) is 5.37. The molecular weight excluding hydrogens is 240 g/mol. The molecule has 0 bridgehead atoms. The second-order valence-corrected chi connectivity index (χ2v) is 5.37. The summed E-state index contributed by atoms with van der Waals surface area (Å²) < 4.78 is 0. The van der Waals surface area contributed by atoms with Gasteiger partial charge in [-0.05, 0) is 25.7 Å². The van der Waals surface area contributed by atoms with E-state index in [1.807, 2.05) is 0 Å². The molecule has 0 spiro atoms. The molecule has 0 radical (unpaired) electrons. The standard InChI is InChI=1S/C12H22O.C4H10O2/c13-12-10-8-6-4-2-1-3-5-7-9-11-12;5-3-1-2-4-6/h1-11H2;5-6H,1-4H2. The van der Waals surface area contributed by atoms with Crippen molar-refractivity contribution in [3.8, 4) is 0 Å². The van der Waals surface area contributed by atoms with E-state index in [2.05, 4.69) is 0 Å². The second kappa shape index (κ2) is 15.6. The topological polar surface area (TPSA) is 57.5 Å². The van der Waals surface area contributed by atoms with Gasteiger partial charge in [-0.3, -0.25) is 4.79 Å². The quantitative estimate of drug-likeness (QED) is 0.772. The van der Waals surface area contributed by atoms with E-state index < -0.39 is 0 Å². The highest BCUT2D eigenvalue weighted by Gasteiger charge is 2.02. The molecular formula is C16H32O3. The van der Waals surface area contributed by atoms with Crippen LogP contribution in [0.15, 0.2) is 0 Å². The van der Waals surface area contributed by atoms with Crippen molar-refractivity contribution in [3.63, 3.8) is 0 Å². The fraction of sp³-hybridized carbons (Fsp3) is 0.938. The Hall–Kier alpha value is -0.410. The van der Waals surface area contributed by atoms with Gasteiger partial charge in [0, 0.05) is 26.1 Å². The fourth-order valence-electron chi connectivity index (χ4n) is 2.23. The average Bonchev–Trinajstić information content (AvgIpc) is 2.41. The summed E-state index contributed by atoms with van der Waals surface area (Å²) in [5.74, 6) is 0.501. The molecule has 3 nitrogen and oxygen atoms in total. The van der Waals surface area contributed by atoms with Gasteiger partial charge in [-0.15, -0.1) is 0 Å². The number of ketones is 1. The largest absolute Gasteiger partial charge is 0.396 e. The van der Waals surface area contributed by atoms with Gasteiger partial charge in [0.25, 0.3) is 0 Å². The van der Waals surface area contributed by atoms with E-state index in [1.165, 1.54) is 44.9 Å². The molecule has 19 heavy (non-hydrogen) atoms. The molecule has 1 aliphatic rings. The molecule has 0 saturated heterocycles. The monoisotopic (exact) mass is 272 g/mol. The van der Waals surface area contributed by atoms with Gasteiger partial charge in [-0.2, -0.15) is 0 Å². The third-order valence-corrected chi connectivity index (χ3v) is 3.48. The van der Waals surface area contributed by atoms with E-state index in [1.54, 1.807) is 0 Å². The number of hydrogen-bond acceptors (Lipinski definition) is 3. The normalized spacial score (nSPS) is 18.7. The zero-order valence-electron chi connectivity index (χ0n) is 12.4. The molecule has 0 aromatic carbocycles. The first-order valence-electron chi connectivity index (χ1n) is 8.04. The van der Waals surface area contributed by atoms with Crippen LogP contribution in [0.25, 0.3) is 0 Å². The maximum Gasteiger partial charge on any atom is 0.132 e. The van der Waals surface area contributed by atoms with Crippen molar-refractivity contribution in [1.82, 2.24) is 0 Å². The highest BCUT2D eigenvalue weighted by molar-refractivity contribution is 5.78. The smallest absolute Gasteiger partial charge is 0.132 e. The van der Waals surface area contributed by atoms with Gasteiger partial charge in [0.05, 0.1) is 0 Å². The zero-order valence-corrected chi connectivity index (χ0v) is 12.4. The molecule has 0 unspecified atom stereocenters. The molecule has 1 aliphatic carbocycles. The molecule has 114 valence electrons. The Bertz CT molecular complexity index is 174. The highest BCUT2D eigenvalue weighted by Crippen LogP contribution is 2.14. The summed E-state index contributed by atoms with van der Waals surface area (Å²) in [7, 11) is 0. The number of rotatable bonds is 3. The lowest BCUT2D eigenvalue weighted by Crippen LogP contribution is -1.98. The van der Waals surface area contributed by atoms with Crippen molar-refractivity contribution in [2.24, 2.45) is 0 Å². The van der Waals surface area contributed by atoms with Crippen LogP contribution in [-0.2, 0) is 4.79 Å². The summed E-state index contributed by atoms with van der Waals surface area (Å²) in [6.07, 6.45) is 14.8. The predicted octanol–water partition coefficient (Wildman–Crippen LogP) is 3.61. The van der Waals surface area contributed by atoms with Crippen molar-refractivity contribution in [2.45, 2.75) is 83.5 Å². The van der Waals surface area contributed by atoms with Crippen molar-refractivity contribution < 1.29 is 15.0 Å². The molecule has 0 atom stereocenters. The first kappa shape index (κ1) is 18.6. The van der Waals surface area contributed by atoms with Crippen LogP contribution in [0.4, 0.5) is 0 Å². The summed E-state index contributed by atoms with van der Waals surface area (Å²) >= 11 is 0. The lowest BCUT2D eigenvalue weighted by Gasteiger charge is -2.05. The summed E-state index contributed by atoms with van der Waals surface area (Å²) in [6, 6.07) is 0. The predicted molar refractivity (Wildman–Crippen MR) is 79.2 cm³/mol. The lowest BCUT2D eigenvalue weighted by atomic mass is 10.0. The van der Waals surface area contributed by atoms with E-state index in [9.17, 15) is 4.79 Å². The Morgan fingerprint density at radius 2 is 0.947 bits per heavy atom. The third kappa shape index (κ3) is 15.5. The summed E-state index contributed by atoms with van der Waals surface area (Å²) in [5.41, 5.74) is 0. The fourth-order valence-corrected chi connectivity index (χ4v) is 2.23. The van der Waals surface area contributed by atoms with Crippen LogP contribution < -0.4 is 0 Å². The van der Waals surface area contributed by atoms with Gasteiger partial charge >= 0.3 is 0 Å². The van der Waals surface area contributed by atoms with Gasteiger partial charge in [0.15, 0.2) is 0 Å². The maximum atomic E-state index is 11.3. The summed E-state index contributed by atoms with van der Waals surface area (Å²) in [6.45, 7) is 0.390. The SMILES string of the molecule is O=C1CCCCCCCCCCC1.OCCCCO. The van der Waals surface area contributed by atoms with Crippen LogP contribution in [0.2, 0.25) is 0 Å². The number of Topliss-reactive ketones (excluding diaryl/α,β-unsaturated/α-hetero) is 1. The van der Waals surface area contributed by atoms with E-state index in [0.717, 1.165) is 38.5 Å². The van der Waals surface area contributed by atoms with Crippen LogP contribution in [0.1, 0.15) is 83.5 Å². The first-order chi connectivity index (χ1) is 9.31. The number of carbonyl (C=O) groups excluding carboxylic acids is 1. The molecule has 3 heteroatoms. The van der Waals surface area contributed by atoms with Gasteiger partial charge in [-0.25, -0.2) is 0 Å². The Kier molecular flexibility index (Phi) is 15.3. The molecule has 2 N–H and O–H groups in total. The number of aliphatic hydroxyl groups is 2. The average molecular weight is 272 g/mol. The molecule has 1 rings (SSSR count). The molecule has 0 aliphatic heterocycles. The minimum Gasteiger partial charge on any atom is -0.396 e. The maximum absolute atomic E-state index is 11.3. The summed E-state index contributed by atoms with van der Waals surface area (Å²) in [4.78, 5) is 11.3. The van der Waals surface area contributed by atoms with Crippen molar-refractivity contribution in [2.75, 3.05) is 13.2 Å². The number of hydrogen-bond donors (Lipinski definition) is 2. The molecule has 0 amide bonds. The van der Waals surface area contributed by atoms with E-state index in [0.29, 0.717) is 5.78 Å². The van der Waals surface area contributed by atoms with Crippen molar-refractivity contribution in [3.05, 3.63) is 0 Å². The Morgan fingerprint density at radius 3 is 1.26 bits per heavy atom. The molecule has 1 fully saturated rings. The van der Waals surface area contributed by atoms with Crippen LogP contribution in [-0.4, -0.2) is 29.2 Å². The van der Waals surface area contributed by atoms with Crippen LogP contribution in [0.5, 0.6) is 0 Å². The first-order valence-corrected chi connectivity index (χ1v) is 8.04. The minimum atomic E-state index is 0.195. The van der Waals surface area contributed by atoms with E-state index >= 15 is 0 Å². The van der Waals surface area contributed by atoms with Crippen LogP contribution in [0, 0.1) is 0 Å². The lowest BCUT2D eigenvalue weighted by molar-refractivity contribution is -0.119. The number of unbranched alkanes of at least 4 members (excludes halogenated alkanes) is 1. The van der Waals surface area contributed by atoms with Gasteiger partial charge < -0.3 is 10.2 Å². The summed E-state index contributed by atoms with van der Waals surface area (Å²) in [5, 5.41) is 16.2. The highest BCUT2D eigenvalue weighted by atomic mass is 16.3. The number of aliphatic hydroxyl groups excluding tert-OH is 2. The van der Waals surface area contributed by atoms with Crippen LogP contribution >= 0.6 is 0 Å². The molecule has 1 saturated carbocycles. The van der Waals surface area contributed by atoms with E-state index in [-0.39, 0.29) is 13.2 Å². The van der Waals surface area contributed by atoms with Crippen molar-refractivity contribution >= 4 is 5.78 Å². The Balaban J connectivity index is 0.000000459. The Morgan fingerprint density at radius 1 is 0.632 bits per heavy atom. The van der Waals surface area contributed by atoms with Crippen molar-refractivity contribution in [1.29, 1.82) is 0 Å². The molecule has 0 heterocycles. The van der Waals surface area contributed by atoms with Gasteiger partial charge in [0.1, 0.15) is 5.78 Å². The van der Waals surface area contributed by atoms with Gasteiger partial charge in [-0.1, -0.05) is 44.9 Å². The number of carbonyl (C=O) groups is 1. The zero-order chi connectivity index (χ0) is 14.2. The van der Waals surface area contributed by atoms with E-state index in [4.69, 9.17) is 10.2 Å². The molecule has 0 aromatic heterocycles. The van der Waals surface area contributed by atoms with Crippen LogP contribution in [0.3, 0.4) is 0 Å². The molecule has 0 aromatic rings. The minimum absolute atomic E-state index is 0.195. The third-order valence-electron chi connectivity index (χ3n) is 3.48. The Labute approximate surface area is 118 Å². The van der Waals surface area contributed by atoms with Gasteiger partial charge in [0.2, 0.25) is 0 Å².